The standard InChI is InChI=1S/C14H17N3O3/c1-8(14(19)20)9(2)15-13(18)12-10-6-4-5-7-11(10)17(3)16-12/h4-9H,1-3H3,(H,15,18)(H,19,20). The first-order valence-electron chi connectivity index (χ1n) is 6.37. The van der Waals surface area contributed by atoms with Gasteiger partial charge in [0.15, 0.2) is 5.69 Å². The van der Waals surface area contributed by atoms with Crippen LogP contribution in [0.2, 0.25) is 0 Å². The van der Waals surface area contributed by atoms with Gasteiger partial charge in [-0.2, -0.15) is 5.10 Å². The average molecular weight is 275 g/mol. The van der Waals surface area contributed by atoms with E-state index < -0.39 is 17.9 Å². The van der Waals surface area contributed by atoms with Crippen LogP contribution in [0.4, 0.5) is 0 Å². The van der Waals surface area contributed by atoms with Gasteiger partial charge in [0, 0.05) is 18.5 Å². The summed E-state index contributed by atoms with van der Waals surface area (Å²) in [5.74, 6) is -1.96. The molecule has 106 valence electrons. The first-order valence-corrected chi connectivity index (χ1v) is 6.37. The number of nitrogens with zero attached hydrogens (tertiary/aromatic N) is 2. The van der Waals surface area contributed by atoms with Gasteiger partial charge in [0.05, 0.1) is 11.4 Å². The van der Waals surface area contributed by atoms with Gasteiger partial charge in [-0.25, -0.2) is 0 Å². The van der Waals surface area contributed by atoms with Crippen molar-refractivity contribution in [3.8, 4) is 0 Å². The van der Waals surface area contributed by atoms with Gasteiger partial charge in [0.25, 0.3) is 5.91 Å². The minimum Gasteiger partial charge on any atom is -0.481 e. The zero-order valence-electron chi connectivity index (χ0n) is 11.6. The third-order valence-corrected chi connectivity index (χ3v) is 3.47. The van der Waals surface area contributed by atoms with E-state index in [4.69, 9.17) is 5.11 Å². The van der Waals surface area contributed by atoms with Crippen LogP contribution in [-0.2, 0) is 11.8 Å². The molecule has 0 spiro atoms. The fourth-order valence-electron chi connectivity index (χ4n) is 2.00. The molecule has 0 fully saturated rings. The van der Waals surface area contributed by atoms with Gasteiger partial charge in [0.1, 0.15) is 0 Å². The summed E-state index contributed by atoms with van der Waals surface area (Å²) in [7, 11) is 1.77. The summed E-state index contributed by atoms with van der Waals surface area (Å²) in [5, 5.41) is 16.6. The number of carbonyl (C=O) groups excluding carboxylic acids is 1. The lowest BCUT2D eigenvalue weighted by Gasteiger charge is -2.16. The lowest BCUT2D eigenvalue weighted by Crippen LogP contribution is -2.40. The topological polar surface area (TPSA) is 84.2 Å². The van der Waals surface area contributed by atoms with E-state index in [1.165, 1.54) is 0 Å². The molecule has 1 amide bonds. The molecule has 0 aliphatic rings. The van der Waals surface area contributed by atoms with Crippen LogP contribution in [-0.4, -0.2) is 32.8 Å². The van der Waals surface area contributed by atoms with Crippen LogP contribution in [0, 0.1) is 5.92 Å². The van der Waals surface area contributed by atoms with Crippen molar-refractivity contribution in [2.75, 3.05) is 0 Å². The Morgan fingerprint density at radius 2 is 1.95 bits per heavy atom. The monoisotopic (exact) mass is 275 g/mol. The van der Waals surface area contributed by atoms with Crippen molar-refractivity contribution < 1.29 is 14.7 Å². The predicted octanol–water partition coefficient (Wildman–Crippen LogP) is 1.41. The minimum absolute atomic E-state index is 0.313. The maximum absolute atomic E-state index is 12.2. The second-order valence-corrected chi connectivity index (χ2v) is 4.88. The van der Waals surface area contributed by atoms with Gasteiger partial charge in [-0.3, -0.25) is 14.3 Å². The number of aliphatic carboxylic acids is 1. The number of nitrogens with one attached hydrogen (secondary N) is 1. The maximum Gasteiger partial charge on any atom is 0.308 e. The molecule has 1 heterocycles. The molecule has 2 aromatic rings. The molecule has 1 aromatic heterocycles. The molecule has 0 bridgehead atoms. The molecule has 0 radical (unpaired) electrons. The number of benzene rings is 1. The summed E-state index contributed by atoms with van der Waals surface area (Å²) >= 11 is 0. The van der Waals surface area contributed by atoms with Crippen molar-refractivity contribution in [3.05, 3.63) is 30.0 Å². The SMILES string of the molecule is CC(NC(=O)c1nn(C)c2ccccc12)C(C)C(=O)O. The molecule has 0 aliphatic heterocycles. The number of rotatable bonds is 4. The number of carbonyl (C=O) groups is 2. The van der Waals surface area contributed by atoms with Gasteiger partial charge in [0.2, 0.25) is 0 Å². The Labute approximate surface area is 116 Å². The number of amides is 1. The quantitative estimate of drug-likeness (QED) is 0.883. The number of hydrogen-bond donors (Lipinski definition) is 2. The molecule has 6 heteroatoms. The van der Waals surface area contributed by atoms with E-state index in [1.54, 1.807) is 25.6 Å². The third kappa shape index (κ3) is 2.49. The Kier molecular flexibility index (Phi) is 3.74. The number of carboxylic acids is 1. The molecule has 0 saturated carbocycles. The van der Waals surface area contributed by atoms with Crippen molar-refractivity contribution in [3.63, 3.8) is 0 Å². The van der Waals surface area contributed by atoms with Crippen LogP contribution >= 0.6 is 0 Å². The maximum atomic E-state index is 12.2. The number of aromatic nitrogens is 2. The average Bonchev–Trinajstić information content (AvgIpc) is 2.75. The smallest absolute Gasteiger partial charge is 0.308 e. The normalized spacial score (nSPS) is 13.9. The molecular weight excluding hydrogens is 258 g/mol. The molecule has 0 saturated heterocycles. The highest BCUT2D eigenvalue weighted by Gasteiger charge is 2.23. The number of para-hydroxylation sites is 1. The highest BCUT2D eigenvalue weighted by molar-refractivity contribution is 6.05. The van der Waals surface area contributed by atoms with Crippen molar-refractivity contribution in [1.29, 1.82) is 0 Å². The van der Waals surface area contributed by atoms with E-state index in [0.717, 1.165) is 10.9 Å². The van der Waals surface area contributed by atoms with Crippen molar-refractivity contribution in [2.45, 2.75) is 19.9 Å². The van der Waals surface area contributed by atoms with Crippen molar-refractivity contribution in [2.24, 2.45) is 13.0 Å². The summed E-state index contributed by atoms with van der Waals surface area (Å²) in [4.78, 5) is 23.1. The molecule has 2 unspecified atom stereocenters. The van der Waals surface area contributed by atoms with Crippen LogP contribution in [0.3, 0.4) is 0 Å². The molecule has 2 N–H and O–H groups in total. The van der Waals surface area contributed by atoms with Gasteiger partial charge in [-0.05, 0) is 19.9 Å². The third-order valence-electron chi connectivity index (χ3n) is 3.47. The Balaban J connectivity index is 2.26. The van der Waals surface area contributed by atoms with Crippen molar-refractivity contribution >= 4 is 22.8 Å². The molecular formula is C14H17N3O3. The second-order valence-electron chi connectivity index (χ2n) is 4.88. The molecule has 6 nitrogen and oxygen atoms in total. The Morgan fingerprint density at radius 1 is 1.30 bits per heavy atom. The predicted molar refractivity (Wildman–Crippen MR) is 74.4 cm³/mol. The summed E-state index contributed by atoms with van der Waals surface area (Å²) < 4.78 is 1.63. The zero-order valence-corrected chi connectivity index (χ0v) is 11.6. The lowest BCUT2D eigenvalue weighted by molar-refractivity contribution is -0.141. The van der Waals surface area contributed by atoms with Crippen LogP contribution in [0.5, 0.6) is 0 Å². The first kappa shape index (κ1) is 14.0. The van der Waals surface area contributed by atoms with E-state index in [-0.39, 0.29) is 5.91 Å². The summed E-state index contributed by atoms with van der Waals surface area (Å²) in [5.41, 5.74) is 1.17. The highest BCUT2D eigenvalue weighted by Crippen LogP contribution is 2.17. The number of aryl methyl sites for hydroxylation is 1. The van der Waals surface area contributed by atoms with Crippen LogP contribution in [0.1, 0.15) is 24.3 Å². The van der Waals surface area contributed by atoms with E-state index in [2.05, 4.69) is 10.4 Å². The Hall–Kier alpha value is -2.37. The molecule has 1 aromatic carbocycles. The number of fused-ring (bicyclic) bond motifs is 1. The van der Waals surface area contributed by atoms with Crippen LogP contribution in [0.15, 0.2) is 24.3 Å². The van der Waals surface area contributed by atoms with E-state index >= 15 is 0 Å². The van der Waals surface area contributed by atoms with Crippen LogP contribution in [0.25, 0.3) is 10.9 Å². The fraction of sp³-hybridized carbons (Fsp3) is 0.357. The van der Waals surface area contributed by atoms with E-state index in [1.807, 2.05) is 24.3 Å². The second kappa shape index (κ2) is 5.32. The van der Waals surface area contributed by atoms with Gasteiger partial charge in [-0.15, -0.1) is 0 Å². The Morgan fingerprint density at radius 3 is 2.60 bits per heavy atom. The summed E-state index contributed by atoms with van der Waals surface area (Å²) in [6.45, 7) is 3.23. The molecule has 20 heavy (non-hydrogen) atoms. The first-order chi connectivity index (χ1) is 9.41. The lowest BCUT2D eigenvalue weighted by atomic mass is 10.0. The molecule has 0 aliphatic carbocycles. The summed E-state index contributed by atoms with van der Waals surface area (Å²) in [6.07, 6.45) is 0. The van der Waals surface area contributed by atoms with E-state index in [0.29, 0.717) is 5.69 Å². The highest BCUT2D eigenvalue weighted by atomic mass is 16.4. The zero-order chi connectivity index (χ0) is 14.9. The van der Waals surface area contributed by atoms with Gasteiger partial charge >= 0.3 is 5.97 Å². The Bertz CT molecular complexity index is 663. The number of carboxylic acid groups (broad SMARTS) is 1. The fourth-order valence-corrected chi connectivity index (χ4v) is 2.00. The minimum atomic E-state index is -0.941. The largest absolute Gasteiger partial charge is 0.481 e. The van der Waals surface area contributed by atoms with Gasteiger partial charge < -0.3 is 10.4 Å². The summed E-state index contributed by atoms with van der Waals surface area (Å²) in [6, 6.07) is 6.94. The van der Waals surface area contributed by atoms with E-state index in [9.17, 15) is 9.59 Å². The molecule has 2 rings (SSSR count). The molecule has 2 atom stereocenters. The van der Waals surface area contributed by atoms with Crippen LogP contribution < -0.4 is 5.32 Å². The van der Waals surface area contributed by atoms with Crippen molar-refractivity contribution in [1.82, 2.24) is 15.1 Å². The van der Waals surface area contributed by atoms with Gasteiger partial charge in [-0.1, -0.05) is 18.2 Å². The number of hydrogen-bond acceptors (Lipinski definition) is 3.